The summed E-state index contributed by atoms with van der Waals surface area (Å²) in [5.74, 6) is 0.250. The zero-order chi connectivity index (χ0) is 17.7. The van der Waals surface area contributed by atoms with Crippen molar-refractivity contribution in [2.24, 2.45) is 0 Å². The molecule has 1 rings (SSSR count). The number of nitrogens with two attached hydrogens (primary N) is 1. The van der Waals surface area contributed by atoms with Crippen molar-refractivity contribution >= 4 is 11.4 Å². The fourth-order valence-corrected chi connectivity index (χ4v) is 2.36. The highest BCUT2D eigenvalue weighted by Crippen LogP contribution is 2.27. The van der Waals surface area contributed by atoms with E-state index in [0.717, 1.165) is 11.3 Å². The quantitative estimate of drug-likeness (QED) is 0.347. The average Bonchev–Trinajstić information content (AvgIpc) is 2.52. The van der Waals surface area contributed by atoms with E-state index in [1.807, 2.05) is 19.9 Å². The summed E-state index contributed by atoms with van der Waals surface area (Å²) in [6.07, 6.45) is -6.00. The number of anilines is 2. The predicted octanol–water partition coefficient (Wildman–Crippen LogP) is -0.736. The van der Waals surface area contributed by atoms with Gasteiger partial charge in [0.25, 0.3) is 0 Å². The molecule has 23 heavy (non-hydrogen) atoms. The maximum absolute atomic E-state index is 10.0. The third kappa shape index (κ3) is 5.05. The fraction of sp³-hybridized carbons (Fsp3) is 0.625. The third-order valence-corrected chi connectivity index (χ3v) is 3.92. The van der Waals surface area contributed by atoms with E-state index in [1.165, 1.54) is 0 Å². The molecule has 0 spiro atoms. The molecule has 7 nitrogen and oxygen atoms in total. The molecule has 132 valence electrons. The normalized spacial score (nSPS) is 16.9. The Kier molecular flexibility index (Phi) is 7.24. The molecule has 4 atom stereocenters. The largest absolute Gasteiger partial charge is 0.398 e. The molecule has 7 heteroatoms. The number of likely N-dealkylation sites (N-methyl/N-ethyl adjacent to an activating group) is 1. The van der Waals surface area contributed by atoms with Gasteiger partial charge in [0.05, 0.1) is 12.7 Å². The maximum Gasteiger partial charge on any atom is 0.111 e. The molecule has 0 aliphatic rings. The molecule has 0 saturated carbocycles. The van der Waals surface area contributed by atoms with Crippen LogP contribution in [0.3, 0.4) is 0 Å². The fourth-order valence-electron chi connectivity index (χ4n) is 2.36. The third-order valence-electron chi connectivity index (χ3n) is 3.92. The van der Waals surface area contributed by atoms with Crippen LogP contribution in [0.4, 0.5) is 11.4 Å². The number of aliphatic hydroxyl groups is 5. The van der Waals surface area contributed by atoms with Crippen LogP contribution in [0.25, 0.3) is 0 Å². The number of hydrogen-bond acceptors (Lipinski definition) is 7. The topological polar surface area (TPSA) is 130 Å². The van der Waals surface area contributed by atoms with Gasteiger partial charge in [-0.1, -0.05) is 13.8 Å². The van der Waals surface area contributed by atoms with Crippen LogP contribution >= 0.6 is 0 Å². The van der Waals surface area contributed by atoms with E-state index in [0.29, 0.717) is 5.69 Å². The molecule has 0 aliphatic carbocycles. The summed E-state index contributed by atoms with van der Waals surface area (Å²) in [4.78, 5) is 1.72. The minimum atomic E-state index is -1.62. The summed E-state index contributed by atoms with van der Waals surface area (Å²) in [5, 5.41) is 47.6. The Morgan fingerprint density at radius 3 is 2.13 bits per heavy atom. The SMILES string of the molecule is CC(C)c1cc(N(C)CC(O)C(O)C(O)C(O)CO)ccc1N. The lowest BCUT2D eigenvalue weighted by Crippen LogP contribution is -2.49. The summed E-state index contributed by atoms with van der Waals surface area (Å²) in [7, 11) is 1.74. The van der Waals surface area contributed by atoms with Crippen molar-refractivity contribution in [2.45, 2.75) is 44.2 Å². The van der Waals surface area contributed by atoms with Crippen molar-refractivity contribution in [3.05, 3.63) is 23.8 Å². The summed E-state index contributed by atoms with van der Waals surface area (Å²) < 4.78 is 0. The Morgan fingerprint density at radius 2 is 1.61 bits per heavy atom. The van der Waals surface area contributed by atoms with E-state index >= 15 is 0 Å². The lowest BCUT2D eigenvalue weighted by molar-refractivity contribution is -0.112. The summed E-state index contributed by atoms with van der Waals surface area (Å²) >= 11 is 0. The van der Waals surface area contributed by atoms with E-state index in [4.69, 9.17) is 10.8 Å². The monoisotopic (exact) mass is 328 g/mol. The van der Waals surface area contributed by atoms with Gasteiger partial charge in [-0.25, -0.2) is 0 Å². The summed E-state index contributed by atoms with van der Waals surface area (Å²) in [5.41, 5.74) is 8.43. The van der Waals surface area contributed by atoms with Crippen molar-refractivity contribution in [3.63, 3.8) is 0 Å². The Bertz CT molecular complexity index is 497. The van der Waals surface area contributed by atoms with E-state index < -0.39 is 31.0 Å². The highest BCUT2D eigenvalue weighted by atomic mass is 16.4. The van der Waals surface area contributed by atoms with Gasteiger partial charge in [-0.2, -0.15) is 0 Å². The van der Waals surface area contributed by atoms with Gasteiger partial charge in [0.2, 0.25) is 0 Å². The van der Waals surface area contributed by atoms with Crippen LogP contribution in [0, 0.1) is 0 Å². The summed E-state index contributed by atoms with van der Waals surface area (Å²) in [6.45, 7) is 3.40. The van der Waals surface area contributed by atoms with E-state index in [-0.39, 0.29) is 12.5 Å². The van der Waals surface area contributed by atoms with Crippen molar-refractivity contribution in [2.75, 3.05) is 30.8 Å². The zero-order valence-corrected chi connectivity index (χ0v) is 13.8. The molecular formula is C16H28N2O5. The predicted molar refractivity (Wildman–Crippen MR) is 89.3 cm³/mol. The van der Waals surface area contributed by atoms with Gasteiger partial charge in [-0.3, -0.25) is 0 Å². The molecule has 0 aliphatic heterocycles. The standard InChI is InChI=1S/C16H28N2O5/c1-9(2)11-6-10(4-5-12(11)17)18(3)7-13(20)15(22)16(23)14(21)8-19/h4-6,9,13-16,19-23H,7-8,17H2,1-3H3. The molecule has 0 aromatic heterocycles. The van der Waals surface area contributed by atoms with Gasteiger partial charge in [-0.15, -0.1) is 0 Å². The van der Waals surface area contributed by atoms with Crippen LogP contribution in [-0.4, -0.2) is 70.1 Å². The maximum atomic E-state index is 10.0. The number of hydrogen-bond donors (Lipinski definition) is 6. The second-order valence-electron chi connectivity index (χ2n) is 6.15. The van der Waals surface area contributed by atoms with Crippen LogP contribution < -0.4 is 10.6 Å². The molecular weight excluding hydrogens is 300 g/mol. The van der Waals surface area contributed by atoms with Gasteiger partial charge in [0, 0.05) is 25.0 Å². The van der Waals surface area contributed by atoms with Gasteiger partial charge in [-0.05, 0) is 29.7 Å². The second kappa shape index (κ2) is 8.47. The molecule has 1 aromatic rings. The van der Waals surface area contributed by atoms with Gasteiger partial charge >= 0.3 is 0 Å². The zero-order valence-electron chi connectivity index (χ0n) is 13.8. The lowest BCUT2D eigenvalue weighted by atomic mass is 10.00. The number of rotatable bonds is 8. The van der Waals surface area contributed by atoms with Crippen LogP contribution in [0.5, 0.6) is 0 Å². The number of aliphatic hydroxyl groups excluding tert-OH is 5. The number of nitrogen functional groups attached to an aromatic ring is 1. The highest BCUT2D eigenvalue weighted by molar-refractivity contribution is 5.59. The first-order valence-electron chi connectivity index (χ1n) is 7.62. The minimum Gasteiger partial charge on any atom is -0.398 e. The molecule has 4 unspecified atom stereocenters. The van der Waals surface area contributed by atoms with Crippen LogP contribution in [0.2, 0.25) is 0 Å². The van der Waals surface area contributed by atoms with Crippen LogP contribution in [-0.2, 0) is 0 Å². The summed E-state index contributed by atoms with van der Waals surface area (Å²) in [6, 6.07) is 5.51. The van der Waals surface area contributed by atoms with Crippen molar-refractivity contribution in [1.82, 2.24) is 0 Å². The molecule has 0 radical (unpaired) electrons. The highest BCUT2D eigenvalue weighted by Gasteiger charge is 2.30. The molecule has 0 saturated heterocycles. The molecule has 0 heterocycles. The Hall–Kier alpha value is -1.38. The molecule has 1 aromatic carbocycles. The van der Waals surface area contributed by atoms with Crippen LogP contribution in [0.15, 0.2) is 18.2 Å². The minimum absolute atomic E-state index is 0.0395. The van der Waals surface area contributed by atoms with E-state index in [1.54, 1.807) is 24.1 Å². The Labute approximate surface area is 136 Å². The Balaban J connectivity index is 2.79. The van der Waals surface area contributed by atoms with Gasteiger partial charge < -0.3 is 36.2 Å². The first kappa shape index (κ1) is 19.7. The Morgan fingerprint density at radius 1 is 1.04 bits per heavy atom. The number of nitrogens with zero attached hydrogens (tertiary/aromatic N) is 1. The second-order valence-corrected chi connectivity index (χ2v) is 6.15. The lowest BCUT2D eigenvalue weighted by Gasteiger charge is -2.30. The van der Waals surface area contributed by atoms with Crippen molar-refractivity contribution in [1.29, 1.82) is 0 Å². The molecule has 0 amide bonds. The average molecular weight is 328 g/mol. The molecule has 0 fully saturated rings. The number of benzene rings is 1. The van der Waals surface area contributed by atoms with Gasteiger partial charge in [0.1, 0.15) is 18.3 Å². The molecule has 0 bridgehead atoms. The first-order chi connectivity index (χ1) is 10.7. The van der Waals surface area contributed by atoms with E-state index in [2.05, 4.69) is 0 Å². The van der Waals surface area contributed by atoms with Crippen molar-refractivity contribution in [3.8, 4) is 0 Å². The van der Waals surface area contributed by atoms with E-state index in [9.17, 15) is 20.4 Å². The van der Waals surface area contributed by atoms with Crippen LogP contribution in [0.1, 0.15) is 25.3 Å². The van der Waals surface area contributed by atoms with Gasteiger partial charge in [0.15, 0.2) is 0 Å². The smallest absolute Gasteiger partial charge is 0.111 e. The molecule has 7 N–H and O–H groups in total. The van der Waals surface area contributed by atoms with Crippen molar-refractivity contribution < 1.29 is 25.5 Å². The first-order valence-corrected chi connectivity index (χ1v) is 7.62.